The Morgan fingerprint density at radius 3 is 2.67 bits per heavy atom. The minimum Gasteiger partial charge on any atom is -0.462 e. The summed E-state index contributed by atoms with van der Waals surface area (Å²) in [4.78, 5) is 17.2. The highest BCUT2D eigenvalue weighted by molar-refractivity contribution is 9.10. The third-order valence-corrected chi connectivity index (χ3v) is 6.44. The molecule has 9 nitrogen and oxygen atoms in total. The molecule has 10 heteroatoms. The van der Waals surface area contributed by atoms with Crippen molar-refractivity contribution in [1.29, 1.82) is 0 Å². The van der Waals surface area contributed by atoms with Crippen molar-refractivity contribution < 1.29 is 9.53 Å². The number of esters is 1. The van der Waals surface area contributed by atoms with E-state index in [2.05, 4.69) is 72.3 Å². The number of halogens is 1. The summed E-state index contributed by atoms with van der Waals surface area (Å²) in [6.45, 7) is 4.98. The SMILES string of the molecule is CCCCc1nc2ccc(C(=O)OCC)cc2n1Cc1ccc(-n2cc(Br)cc2-c2nn[nH]n2)cc1. The van der Waals surface area contributed by atoms with Crippen molar-refractivity contribution in [3.05, 3.63) is 76.2 Å². The Labute approximate surface area is 216 Å². The van der Waals surface area contributed by atoms with Gasteiger partial charge in [-0.05, 0) is 76.4 Å². The molecule has 0 saturated heterocycles. The molecule has 0 bridgehead atoms. The third kappa shape index (κ3) is 4.81. The molecule has 0 fully saturated rings. The quantitative estimate of drug-likeness (QED) is 0.250. The summed E-state index contributed by atoms with van der Waals surface area (Å²) in [5.41, 5.74) is 5.30. The van der Waals surface area contributed by atoms with Crippen LogP contribution in [0.2, 0.25) is 0 Å². The Kier molecular flexibility index (Phi) is 6.95. The molecule has 36 heavy (non-hydrogen) atoms. The van der Waals surface area contributed by atoms with E-state index >= 15 is 0 Å². The summed E-state index contributed by atoms with van der Waals surface area (Å²) < 4.78 is 10.4. The molecule has 0 aliphatic rings. The van der Waals surface area contributed by atoms with Crippen LogP contribution in [-0.2, 0) is 17.7 Å². The number of nitrogens with zero attached hydrogens (tertiary/aromatic N) is 6. The maximum absolute atomic E-state index is 12.4. The summed E-state index contributed by atoms with van der Waals surface area (Å²) in [6.07, 6.45) is 4.99. The highest BCUT2D eigenvalue weighted by atomic mass is 79.9. The van der Waals surface area contributed by atoms with E-state index in [-0.39, 0.29) is 5.97 Å². The van der Waals surface area contributed by atoms with Crippen molar-refractivity contribution in [3.8, 4) is 17.2 Å². The monoisotopic (exact) mass is 547 g/mol. The topological polar surface area (TPSA) is 104 Å². The fourth-order valence-corrected chi connectivity index (χ4v) is 4.67. The minimum atomic E-state index is -0.318. The molecule has 1 N–H and O–H groups in total. The molecule has 2 aromatic carbocycles. The Bertz CT molecular complexity index is 1490. The lowest BCUT2D eigenvalue weighted by Crippen LogP contribution is -2.07. The maximum Gasteiger partial charge on any atom is 0.338 e. The molecule has 0 radical (unpaired) electrons. The minimum absolute atomic E-state index is 0.318. The normalized spacial score (nSPS) is 11.3. The molecule has 0 unspecified atom stereocenters. The van der Waals surface area contributed by atoms with E-state index < -0.39 is 0 Å². The van der Waals surface area contributed by atoms with Gasteiger partial charge in [-0.2, -0.15) is 5.21 Å². The highest BCUT2D eigenvalue weighted by Crippen LogP contribution is 2.27. The number of aryl methyl sites for hydroxylation is 1. The van der Waals surface area contributed by atoms with Gasteiger partial charge >= 0.3 is 5.97 Å². The lowest BCUT2D eigenvalue weighted by atomic mass is 10.1. The van der Waals surface area contributed by atoms with Gasteiger partial charge in [-0.25, -0.2) is 9.78 Å². The zero-order valence-electron chi connectivity index (χ0n) is 20.1. The number of unbranched alkanes of at least 4 members (excludes halogenated alkanes) is 1. The van der Waals surface area contributed by atoms with Crippen molar-refractivity contribution >= 4 is 32.9 Å². The second-order valence-corrected chi connectivity index (χ2v) is 9.37. The Hall–Kier alpha value is -3.79. The number of aromatic nitrogens is 7. The van der Waals surface area contributed by atoms with Gasteiger partial charge in [0.15, 0.2) is 0 Å². The van der Waals surface area contributed by atoms with Crippen molar-refractivity contribution in [1.82, 2.24) is 34.7 Å². The summed E-state index contributed by atoms with van der Waals surface area (Å²) in [5, 5.41) is 14.4. The third-order valence-electron chi connectivity index (χ3n) is 6.01. The molecule has 0 saturated carbocycles. The number of ether oxygens (including phenoxy) is 1. The lowest BCUT2D eigenvalue weighted by molar-refractivity contribution is 0.0526. The Morgan fingerprint density at radius 1 is 1.11 bits per heavy atom. The van der Waals surface area contributed by atoms with Gasteiger partial charge in [0.2, 0.25) is 5.82 Å². The highest BCUT2D eigenvalue weighted by Gasteiger charge is 2.16. The van der Waals surface area contributed by atoms with E-state index in [1.54, 1.807) is 6.07 Å². The number of hydrogen-bond donors (Lipinski definition) is 1. The molecular weight excluding hydrogens is 522 g/mol. The summed E-state index contributed by atoms with van der Waals surface area (Å²) in [5.74, 6) is 1.22. The predicted octanol–water partition coefficient (Wildman–Crippen LogP) is 5.34. The maximum atomic E-state index is 12.4. The molecule has 0 aliphatic carbocycles. The van der Waals surface area contributed by atoms with Gasteiger partial charge in [-0.3, -0.25) is 0 Å². The molecule has 3 heterocycles. The van der Waals surface area contributed by atoms with Gasteiger partial charge < -0.3 is 13.9 Å². The van der Waals surface area contributed by atoms with Crippen molar-refractivity contribution in [3.63, 3.8) is 0 Å². The molecule has 0 spiro atoms. The molecule has 0 atom stereocenters. The van der Waals surface area contributed by atoms with E-state index in [0.29, 0.717) is 24.5 Å². The zero-order valence-corrected chi connectivity index (χ0v) is 21.7. The second-order valence-electron chi connectivity index (χ2n) is 8.46. The summed E-state index contributed by atoms with van der Waals surface area (Å²) >= 11 is 3.55. The number of H-pyrrole nitrogens is 1. The molecule has 5 rings (SSSR count). The van der Waals surface area contributed by atoms with E-state index in [1.807, 2.05) is 35.9 Å². The van der Waals surface area contributed by atoms with Gasteiger partial charge in [-0.15, -0.1) is 10.2 Å². The molecule has 5 aromatic rings. The van der Waals surface area contributed by atoms with Crippen LogP contribution in [0.15, 0.2) is 59.2 Å². The van der Waals surface area contributed by atoms with Crippen LogP contribution in [0.5, 0.6) is 0 Å². The molecular formula is C26H26BrN7O2. The van der Waals surface area contributed by atoms with E-state index in [4.69, 9.17) is 9.72 Å². The number of rotatable bonds is 9. The average Bonchev–Trinajstić information content (AvgIpc) is 3.62. The smallest absolute Gasteiger partial charge is 0.338 e. The number of imidazole rings is 1. The molecule has 0 amide bonds. The second kappa shape index (κ2) is 10.4. The van der Waals surface area contributed by atoms with Gasteiger partial charge in [0.1, 0.15) is 5.82 Å². The largest absolute Gasteiger partial charge is 0.462 e. The van der Waals surface area contributed by atoms with Crippen LogP contribution in [0.1, 0.15) is 48.4 Å². The number of fused-ring (bicyclic) bond motifs is 1. The van der Waals surface area contributed by atoms with Crippen LogP contribution in [0.4, 0.5) is 0 Å². The fraction of sp³-hybridized carbons (Fsp3) is 0.269. The van der Waals surface area contributed by atoms with Crippen LogP contribution in [0, 0.1) is 0 Å². The molecule has 0 aliphatic heterocycles. The van der Waals surface area contributed by atoms with Crippen LogP contribution < -0.4 is 0 Å². The molecule has 184 valence electrons. The standard InChI is InChI=1S/C26H26BrN7O2/c1-3-5-6-24-28-21-12-9-18(26(35)36-4-2)13-22(21)34(24)15-17-7-10-20(11-8-17)33-16-19(27)14-23(33)25-29-31-32-30-25/h7-14,16H,3-6,15H2,1-2H3,(H,29,30,31,32). The molecule has 3 aromatic heterocycles. The van der Waals surface area contributed by atoms with Crippen LogP contribution in [0.25, 0.3) is 28.2 Å². The van der Waals surface area contributed by atoms with Gasteiger partial charge in [0, 0.05) is 29.3 Å². The number of hydrogen-bond acceptors (Lipinski definition) is 6. The van der Waals surface area contributed by atoms with E-state index in [9.17, 15) is 4.79 Å². The lowest BCUT2D eigenvalue weighted by Gasteiger charge is -2.12. The van der Waals surface area contributed by atoms with Crippen LogP contribution >= 0.6 is 15.9 Å². The van der Waals surface area contributed by atoms with Crippen molar-refractivity contribution in [2.45, 2.75) is 39.7 Å². The number of aromatic amines is 1. The van der Waals surface area contributed by atoms with Crippen LogP contribution in [-0.4, -0.2) is 47.3 Å². The van der Waals surface area contributed by atoms with Crippen LogP contribution in [0.3, 0.4) is 0 Å². The number of nitrogens with one attached hydrogen (secondary N) is 1. The average molecular weight is 548 g/mol. The van der Waals surface area contributed by atoms with E-state index in [0.717, 1.165) is 57.5 Å². The Morgan fingerprint density at radius 2 is 1.94 bits per heavy atom. The predicted molar refractivity (Wildman–Crippen MR) is 140 cm³/mol. The van der Waals surface area contributed by atoms with Gasteiger partial charge in [0.05, 0.1) is 28.9 Å². The number of carbonyl (C=O) groups excluding carboxylic acids is 1. The fourth-order valence-electron chi connectivity index (χ4n) is 4.25. The Balaban J connectivity index is 1.48. The number of tetrazole rings is 1. The summed E-state index contributed by atoms with van der Waals surface area (Å²) in [6, 6.07) is 15.9. The van der Waals surface area contributed by atoms with Crippen molar-refractivity contribution in [2.24, 2.45) is 0 Å². The number of carbonyl (C=O) groups is 1. The number of benzene rings is 2. The summed E-state index contributed by atoms with van der Waals surface area (Å²) in [7, 11) is 0. The first kappa shape index (κ1) is 23.9. The van der Waals surface area contributed by atoms with E-state index in [1.165, 1.54) is 0 Å². The zero-order chi connectivity index (χ0) is 25.1. The van der Waals surface area contributed by atoms with Crippen molar-refractivity contribution in [2.75, 3.05) is 6.61 Å². The first-order valence-corrected chi connectivity index (χ1v) is 12.7. The van der Waals surface area contributed by atoms with Gasteiger partial charge in [-0.1, -0.05) is 25.5 Å². The first-order valence-electron chi connectivity index (χ1n) is 11.9. The van der Waals surface area contributed by atoms with Gasteiger partial charge in [0.25, 0.3) is 0 Å². The first-order chi connectivity index (χ1) is 17.6.